The van der Waals surface area contributed by atoms with Gasteiger partial charge in [0, 0.05) is 13.5 Å². The van der Waals surface area contributed by atoms with Crippen molar-refractivity contribution in [2.75, 3.05) is 7.11 Å². The number of hydrogen-bond acceptors (Lipinski definition) is 3. The minimum atomic E-state index is -0.236. The van der Waals surface area contributed by atoms with Crippen LogP contribution in [0.5, 0.6) is 0 Å². The van der Waals surface area contributed by atoms with E-state index in [0.29, 0.717) is 6.42 Å². The first-order valence-corrected chi connectivity index (χ1v) is 4.25. The molecular weight excluding hydrogens is 156 g/mol. The molecule has 3 nitrogen and oxygen atoms in total. The van der Waals surface area contributed by atoms with E-state index >= 15 is 0 Å². The molecule has 3 atom stereocenters. The van der Waals surface area contributed by atoms with Crippen LogP contribution in [0.4, 0.5) is 0 Å². The third-order valence-electron chi connectivity index (χ3n) is 2.28. The Morgan fingerprint density at radius 2 is 2.17 bits per heavy atom. The van der Waals surface area contributed by atoms with Gasteiger partial charge in [-0.25, -0.2) is 0 Å². The van der Waals surface area contributed by atoms with Gasteiger partial charge in [0.15, 0.2) is 0 Å². The second kappa shape index (κ2) is 4.48. The molecule has 0 aromatic heterocycles. The minimum Gasteiger partial charge on any atom is -0.496 e. The quantitative estimate of drug-likeness (QED) is 0.647. The van der Waals surface area contributed by atoms with Crippen LogP contribution in [-0.2, 0) is 9.47 Å². The van der Waals surface area contributed by atoms with E-state index in [1.165, 1.54) is 6.26 Å². The molecule has 70 valence electrons. The molecule has 0 radical (unpaired) electrons. The molecule has 0 saturated heterocycles. The molecule has 1 rings (SSSR count). The summed E-state index contributed by atoms with van der Waals surface area (Å²) in [7, 11) is 1.64. The Balaban J connectivity index is 2.44. The van der Waals surface area contributed by atoms with E-state index in [-0.39, 0.29) is 18.3 Å². The van der Waals surface area contributed by atoms with Gasteiger partial charge in [0.05, 0.1) is 18.5 Å². The lowest BCUT2D eigenvalue weighted by atomic mass is 9.92. The summed E-state index contributed by atoms with van der Waals surface area (Å²) in [5, 5.41) is 9.34. The molecule has 0 bridgehead atoms. The lowest BCUT2D eigenvalue weighted by Gasteiger charge is -2.32. The summed E-state index contributed by atoms with van der Waals surface area (Å²) in [5.74, 6) is 0. The zero-order chi connectivity index (χ0) is 8.97. The summed E-state index contributed by atoms with van der Waals surface area (Å²) >= 11 is 0. The molecule has 0 spiro atoms. The lowest BCUT2D eigenvalue weighted by Crippen LogP contribution is -2.38. The SMILES string of the molecule is C=COC1CCC(O)CC1OC. The molecule has 12 heavy (non-hydrogen) atoms. The smallest absolute Gasteiger partial charge is 0.124 e. The monoisotopic (exact) mass is 172 g/mol. The molecule has 1 saturated carbocycles. The highest BCUT2D eigenvalue weighted by Crippen LogP contribution is 2.23. The van der Waals surface area contributed by atoms with Crippen LogP contribution >= 0.6 is 0 Å². The molecule has 0 aromatic rings. The molecule has 1 aliphatic carbocycles. The number of rotatable bonds is 3. The summed E-state index contributed by atoms with van der Waals surface area (Å²) in [6, 6.07) is 0. The first-order chi connectivity index (χ1) is 5.77. The summed E-state index contributed by atoms with van der Waals surface area (Å²) < 4.78 is 10.5. The van der Waals surface area contributed by atoms with Crippen LogP contribution in [0.15, 0.2) is 12.8 Å². The predicted molar refractivity (Wildman–Crippen MR) is 45.7 cm³/mol. The summed E-state index contributed by atoms with van der Waals surface area (Å²) in [6.07, 6.45) is 3.57. The molecule has 0 amide bonds. The van der Waals surface area contributed by atoms with Crippen molar-refractivity contribution in [2.45, 2.75) is 37.6 Å². The molecule has 3 unspecified atom stereocenters. The van der Waals surface area contributed by atoms with Crippen molar-refractivity contribution in [3.05, 3.63) is 12.8 Å². The Labute approximate surface area is 73.0 Å². The van der Waals surface area contributed by atoms with Crippen molar-refractivity contribution in [1.29, 1.82) is 0 Å². The normalized spacial score (nSPS) is 36.0. The standard InChI is InChI=1S/C9H16O3/c1-3-12-8-5-4-7(10)6-9(8)11-2/h3,7-10H,1,4-6H2,2H3. The van der Waals surface area contributed by atoms with Crippen molar-refractivity contribution >= 4 is 0 Å². The second-order valence-corrected chi connectivity index (χ2v) is 3.08. The van der Waals surface area contributed by atoms with E-state index in [0.717, 1.165) is 12.8 Å². The summed E-state index contributed by atoms with van der Waals surface area (Å²) in [6.45, 7) is 3.50. The molecule has 1 aliphatic rings. The largest absolute Gasteiger partial charge is 0.496 e. The molecule has 3 heteroatoms. The molecule has 0 aliphatic heterocycles. The summed E-state index contributed by atoms with van der Waals surface area (Å²) in [5.41, 5.74) is 0. The number of aliphatic hydroxyl groups is 1. The van der Waals surface area contributed by atoms with Crippen molar-refractivity contribution in [3.8, 4) is 0 Å². The highest BCUT2D eigenvalue weighted by atomic mass is 16.5. The molecule has 0 aromatic carbocycles. The van der Waals surface area contributed by atoms with Crippen molar-refractivity contribution in [2.24, 2.45) is 0 Å². The molecule has 0 heterocycles. The fourth-order valence-electron chi connectivity index (χ4n) is 1.61. The highest BCUT2D eigenvalue weighted by Gasteiger charge is 2.30. The number of methoxy groups -OCH3 is 1. The van der Waals surface area contributed by atoms with Crippen LogP contribution in [0.25, 0.3) is 0 Å². The predicted octanol–water partition coefficient (Wildman–Crippen LogP) is 1.07. The number of ether oxygens (including phenoxy) is 2. The highest BCUT2D eigenvalue weighted by molar-refractivity contribution is 4.82. The van der Waals surface area contributed by atoms with Crippen molar-refractivity contribution in [3.63, 3.8) is 0 Å². The van der Waals surface area contributed by atoms with Gasteiger partial charge in [-0.1, -0.05) is 6.58 Å². The van der Waals surface area contributed by atoms with Gasteiger partial charge in [0.2, 0.25) is 0 Å². The first-order valence-electron chi connectivity index (χ1n) is 4.25. The third-order valence-corrected chi connectivity index (χ3v) is 2.28. The minimum absolute atomic E-state index is 0.00625. The van der Waals surface area contributed by atoms with E-state index in [2.05, 4.69) is 6.58 Å². The van der Waals surface area contributed by atoms with Gasteiger partial charge in [0.1, 0.15) is 6.10 Å². The second-order valence-electron chi connectivity index (χ2n) is 3.08. The molecule has 1 N–H and O–H groups in total. The number of aliphatic hydroxyl groups excluding tert-OH is 1. The number of hydrogen-bond donors (Lipinski definition) is 1. The first kappa shape index (κ1) is 9.55. The van der Waals surface area contributed by atoms with E-state index in [4.69, 9.17) is 9.47 Å². The topological polar surface area (TPSA) is 38.7 Å². The maximum Gasteiger partial charge on any atom is 0.124 e. The van der Waals surface area contributed by atoms with Gasteiger partial charge in [0.25, 0.3) is 0 Å². The Morgan fingerprint density at radius 1 is 1.42 bits per heavy atom. The van der Waals surface area contributed by atoms with Gasteiger partial charge in [-0.05, 0) is 12.8 Å². The lowest BCUT2D eigenvalue weighted by molar-refractivity contribution is -0.0745. The Morgan fingerprint density at radius 3 is 2.75 bits per heavy atom. The Bertz CT molecular complexity index is 147. The fourth-order valence-corrected chi connectivity index (χ4v) is 1.61. The van der Waals surface area contributed by atoms with Crippen LogP contribution in [0, 0.1) is 0 Å². The zero-order valence-electron chi connectivity index (χ0n) is 7.40. The van der Waals surface area contributed by atoms with Crippen LogP contribution < -0.4 is 0 Å². The average molecular weight is 172 g/mol. The van der Waals surface area contributed by atoms with Crippen LogP contribution in [0.2, 0.25) is 0 Å². The van der Waals surface area contributed by atoms with Crippen molar-refractivity contribution in [1.82, 2.24) is 0 Å². The van der Waals surface area contributed by atoms with E-state index in [9.17, 15) is 5.11 Å². The molecule has 1 fully saturated rings. The van der Waals surface area contributed by atoms with E-state index in [1.54, 1.807) is 7.11 Å². The Hall–Kier alpha value is -0.540. The van der Waals surface area contributed by atoms with E-state index < -0.39 is 0 Å². The Kier molecular flexibility index (Phi) is 3.56. The summed E-state index contributed by atoms with van der Waals surface area (Å²) in [4.78, 5) is 0. The van der Waals surface area contributed by atoms with Gasteiger partial charge in [-0.2, -0.15) is 0 Å². The van der Waals surface area contributed by atoms with Crippen LogP contribution in [0.3, 0.4) is 0 Å². The van der Waals surface area contributed by atoms with Gasteiger partial charge >= 0.3 is 0 Å². The molecular formula is C9H16O3. The average Bonchev–Trinajstić information content (AvgIpc) is 2.08. The van der Waals surface area contributed by atoms with Gasteiger partial charge in [-0.15, -0.1) is 0 Å². The third kappa shape index (κ3) is 2.22. The van der Waals surface area contributed by atoms with Gasteiger partial charge < -0.3 is 14.6 Å². The van der Waals surface area contributed by atoms with Crippen LogP contribution in [-0.4, -0.2) is 30.5 Å². The fraction of sp³-hybridized carbons (Fsp3) is 0.778. The zero-order valence-corrected chi connectivity index (χ0v) is 7.40. The maximum absolute atomic E-state index is 9.34. The van der Waals surface area contributed by atoms with E-state index in [1.807, 2.05) is 0 Å². The van der Waals surface area contributed by atoms with Crippen molar-refractivity contribution < 1.29 is 14.6 Å². The van der Waals surface area contributed by atoms with Gasteiger partial charge in [-0.3, -0.25) is 0 Å². The maximum atomic E-state index is 9.34. The van der Waals surface area contributed by atoms with Crippen LogP contribution in [0.1, 0.15) is 19.3 Å².